The van der Waals surface area contributed by atoms with Gasteiger partial charge >= 0.3 is 0 Å². The van der Waals surface area contributed by atoms with Gasteiger partial charge in [-0.3, -0.25) is 9.59 Å². The van der Waals surface area contributed by atoms with E-state index in [1.807, 2.05) is 30.3 Å². The monoisotopic (exact) mass is 533 g/mol. The summed E-state index contributed by atoms with van der Waals surface area (Å²) in [6.45, 7) is 3.48. The molecule has 9 nitrogen and oxygen atoms in total. The van der Waals surface area contributed by atoms with E-state index in [-0.39, 0.29) is 21.6 Å². The van der Waals surface area contributed by atoms with Gasteiger partial charge in [0.25, 0.3) is 21.8 Å². The second-order valence-corrected chi connectivity index (χ2v) is 10.4. The highest BCUT2D eigenvalue weighted by molar-refractivity contribution is 7.92. The minimum atomic E-state index is -3.96. The van der Waals surface area contributed by atoms with E-state index in [2.05, 4.69) is 20.0 Å². The van der Waals surface area contributed by atoms with Crippen molar-refractivity contribution in [3.63, 3.8) is 0 Å². The van der Waals surface area contributed by atoms with Crippen LogP contribution in [0.4, 0.5) is 17.3 Å². The number of hydrogen-bond donors (Lipinski definition) is 2. The molecule has 0 atom stereocenters. The Morgan fingerprint density at radius 2 is 1.49 bits per heavy atom. The molecule has 11 heteroatoms. The molecule has 4 aromatic rings. The largest absolute Gasteiger partial charge is 0.350 e. The summed E-state index contributed by atoms with van der Waals surface area (Å²) < 4.78 is 27.9. The highest BCUT2D eigenvalue weighted by Gasteiger charge is 2.39. The second-order valence-electron chi connectivity index (χ2n) is 8.36. The minimum Gasteiger partial charge on any atom is -0.350 e. The van der Waals surface area contributed by atoms with Gasteiger partial charge in [0.1, 0.15) is 10.7 Å². The lowest BCUT2D eigenvalue weighted by atomic mass is 10.1. The van der Waals surface area contributed by atoms with Crippen LogP contribution in [-0.2, 0) is 19.6 Å². The number of nitrogens with zero attached hydrogens (tertiary/aromatic N) is 3. The van der Waals surface area contributed by atoms with Crippen molar-refractivity contribution in [2.24, 2.45) is 0 Å². The Kier molecular flexibility index (Phi) is 6.14. The summed E-state index contributed by atoms with van der Waals surface area (Å²) in [7, 11) is -3.96. The molecule has 0 saturated carbocycles. The van der Waals surface area contributed by atoms with Crippen LogP contribution in [0.5, 0.6) is 0 Å². The first-order valence-corrected chi connectivity index (χ1v) is 13.0. The lowest BCUT2D eigenvalue weighted by Crippen LogP contribution is -2.32. The van der Waals surface area contributed by atoms with E-state index in [1.54, 1.807) is 32.0 Å². The number of carbonyl (C=O) groups excluding carboxylic acids is 2. The van der Waals surface area contributed by atoms with Crippen LogP contribution in [0.2, 0.25) is 0 Å². The zero-order valence-corrected chi connectivity index (χ0v) is 21.3. The molecule has 3 aromatic carbocycles. The predicted octanol–water partition coefficient (Wildman–Crippen LogP) is 4.48. The molecule has 37 heavy (non-hydrogen) atoms. The highest BCUT2D eigenvalue weighted by atomic mass is 35.5. The van der Waals surface area contributed by atoms with Gasteiger partial charge in [-0.25, -0.2) is 28.0 Å². The highest BCUT2D eigenvalue weighted by Crippen LogP contribution is 2.34. The molecule has 0 radical (unpaired) electrons. The van der Waals surface area contributed by atoms with Gasteiger partial charge in [0.15, 0.2) is 0 Å². The molecule has 2 N–H and O–H groups in total. The Morgan fingerprint density at radius 3 is 2.19 bits per heavy atom. The fourth-order valence-electron chi connectivity index (χ4n) is 4.05. The number of aryl methyl sites for hydroxylation is 2. The van der Waals surface area contributed by atoms with Crippen molar-refractivity contribution in [3.05, 3.63) is 94.9 Å². The van der Waals surface area contributed by atoms with Crippen molar-refractivity contribution >= 4 is 61.5 Å². The molecule has 1 aliphatic heterocycles. The first-order chi connectivity index (χ1) is 17.6. The molecular weight excluding hydrogens is 514 g/mol. The van der Waals surface area contributed by atoms with Crippen molar-refractivity contribution in [1.82, 2.24) is 9.97 Å². The van der Waals surface area contributed by atoms with Gasteiger partial charge in [-0.15, -0.1) is 0 Å². The third-order valence-corrected chi connectivity index (χ3v) is 7.37. The summed E-state index contributed by atoms with van der Waals surface area (Å²) in [6.07, 6.45) is 0. The number of imide groups is 1. The lowest BCUT2D eigenvalue weighted by molar-refractivity contribution is -0.120. The fraction of sp³-hybridized carbons (Fsp3) is 0.0769. The number of aromatic nitrogens is 2. The molecule has 2 amide bonds. The number of nitrogens with one attached hydrogen (secondary N) is 2. The van der Waals surface area contributed by atoms with Crippen molar-refractivity contribution in [3.8, 4) is 0 Å². The van der Waals surface area contributed by atoms with Crippen molar-refractivity contribution in [2.45, 2.75) is 18.7 Å². The number of amides is 2. The van der Waals surface area contributed by atoms with E-state index in [0.29, 0.717) is 22.8 Å². The maximum atomic E-state index is 13.2. The summed E-state index contributed by atoms with van der Waals surface area (Å²) >= 11 is 6.27. The van der Waals surface area contributed by atoms with Crippen LogP contribution in [0.15, 0.2) is 88.4 Å². The van der Waals surface area contributed by atoms with Crippen LogP contribution in [0, 0.1) is 13.8 Å². The first kappa shape index (κ1) is 24.4. The Balaban J connectivity index is 1.37. The molecule has 1 aromatic heterocycles. The van der Waals surface area contributed by atoms with Crippen LogP contribution >= 0.6 is 11.6 Å². The number of halogens is 1. The maximum absolute atomic E-state index is 13.2. The normalized spacial score (nSPS) is 14.0. The minimum absolute atomic E-state index is 0.0276. The number of benzene rings is 3. The van der Waals surface area contributed by atoms with Crippen LogP contribution in [0.25, 0.3) is 10.8 Å². The van der Waals surface area contributed by atoms with Crippen molar-refractivity contribution in [1.29, 1.82) is 0 Å². The molecule has 0 spiro atoms. The molecule has 0 bridgehead atoms. The summed E-state index contributed by atoms with van der Waals surface area (Å²) in [4.78, 5) is 35.4. The Bertz CT molecular complexity index is 1690. The molecule has 2 heterocycles. The van der Waals surface area contributed by atoms with Gasteiger partial charge in [-0.2, -0.15) is 0 Å². The van der Waals surface area contributed by atoms with Gasteiger partial charge in [0.05, 0.1) is 10.6 Å². The molecule has 0 saturated heterocycles. The molecule has 1 aliphatic rings. The quantitative estimate of drug-likeness (QED) is 0.350. The van der Waals surface area contributed by atoms with Gasteiger partial charge in [-0.05, 0) is 55.6 Å². The number of sulfonamides is 1. The number of hydrogen-bond acceptors (Lipinski definition) is 7. The Morgan fingerprint density at radius 1 is 0.838 bits per heavy atom. The zero-order chi connectivity index (χ0) is 26.3. The van der Waals surface area contributed by atoms with E-state index in [4.69, 9.17) is 11.6 Å². The number of fused-ring (bicyclic) bond motifs is 1. The van der Waals surface area contributed by atoms with Crippen LogP contribution in [0.1, 0.15) is 11.4 Å². The van der Waals surface area contributed by atoms with Crippen LogP contribution in [0.3, 0.4) is 0 Å². The molecule has 0 unspecified atom stereocenters. The third-order valence-electron chi connectivity index (χ3n) is 5.68. The Hall–Kier alpha value is -4.28. The number of carbonyl (C=O) groups is 2. The molecule has 0 fully saturated rings. The summed E-state index contributed by atoms with van der Waals surface area (Å²) in [6, 6.07) is 20.1. The summed E-state index contributed by atoms with van der Waals surface area (Å²) in [5.41, 5.74) is 1.95. The van der Waals surface area contributed by atoms with Crippen LogP contribution < -0.4 is 14.9 Å². The number of rotatable bonds is 6. The predicted molar refractivity (Wildman–Crippen MR) is 142 cm³/mol. The van der Waals surface area contributed by atoms with Gasteiger partial charge < -0.3 is 5.32 Å². The van der Waals surface area contributed by atoms with E-state index >= 15 is 0 Å². The standard InChI is InChI=1S/C26H20ClN5O4S/c1-15-14-16(2)29-26(28-15)31-37(35,36)19-12-10-18(11-13-19)30-23-22(27)24(33)32(25(23)34)21-9-5-7-17-6-3-4-8-20(17)21/h3-14,30H,1-2H3,(H,28,29,31). The second kappa shape index (κ2) is 9.30. The SMILES string of the molecule is Cc1cc(C)nc(NS(=O)(=O)c2ccc(NC3=C(Cl)C(=O)N(c4cccc5ccccc45)C3=O)cc2)n1. The van der Waals surface area contributed by atoms with Gasteiger partial charge in [0, 0.05) is 22.5 Å². The topological polar surface area (TPSA) is 121 Å². The number of anilines is 3. The average molecular weight is 534 g/mol. The summed E-state index contributed by atoms with van der Waals surface area (Å²) in [5, 5.41) is 4.20. The van der Waals surface area contributed by atoms with Crippen molar-refractivity contribution in [2.75, 3.05) is 14.9 Å². The van der Waals surface area contributed by atoms with Crippen LogP contribution in [-0.4, -0.2) is 30.2 Å². The van der Waals surface area contributed by atoms with E-state index < -0.39 is 21.8 Å². The molecule has 186 valence electrons. The van der Waals surface area contributed by atoms with Crippen molar-refractivity contribution < 1.29 is 18.0 Å². The zero-order valence-electron chi connectivity index (χ0n) is 19.7. The molecular formula is C26H20ClN5O4S. The lowest BCUT2D eigenvalue weighted by Gasteiger charge is -2.17. The van der Waals surface area contributed by atoms with E-state index in [9.17, 15) is 18.0 Å². The fourth-order valence-corrected chi connectivity index (χ4v) is 5.20. The third kappa shape index (κ3) is 4.64. The smallest absolute Gasteiger partial charge is 0.283 e. The van der Waals surface area contributed by atoms with Gasteiger partial charge in [0.2, 0.25) is 5.95 Å². The van der Waals surface area contributed by atoms with E-state index in [1.165, 1.54) is 24.3 Å². The average Bonchev–Trinajstić information content (AvgIpc) is 3.06. The first-order valence-electron chi connectivity index (χ1n) is 11.1. The molecule has 0 aliphatic carbocycles. The summed E-state index contributed by atoms with van der Waals surface area (Å²) in [5.74, 6) is -1.29. The van der Waals surface area contributed by atoms with Gasteiger partial charge in [-0.1, -0.05) is 48.0 Å². The molecule has 5 rings (SSSR count). The van der Waals surface area contributed by atoms with E-state index in [0.717, 1.165) is 15.7 Å². The Labute approximate surface area is 217 Å². The maximum Gasteiger partial charge on any atom is 0.283 e.